The summed E-state index contributed by atoms with van der Waals surface area (Å²) in [6, 6.07) is 0.612. The summed E-state index contributed by atoms with van der Waals surface area (Å²) < 4.78 is 5.22. The second-order valence-corrected chi connectivity index (χ2v) is 2.95. The Morgan fingerprint density at radius 3 is 2.70 bits per heavy atom. The van der Waals surface area contributed by atoms with E-state index in [1.165, 1.54) is 0 Å². The Hall–Kier alpha value is -0.500. The van der Waals surface area contributed by atoms with Gasteiger partial charge in [0.15, 0.2) is 0 Å². The van der Waals surface area contributed by atoms with E-state index in [-0.39, 0.29) is 0 Å². The molecule has 0 bridgehead atoms. The summed E-state index contributed by atoms with van der Waals surface area (Å²) >= 11 is 0. The molecule has 1 aliphatic heterocycles. The van der Waals surface area contributed by atoms with Gasteiger partial charge in [-0.25, -0.2) is 0 Å². The normalized spacial score (nSPS) is 21.3. The van der Waals surface area contributed by atoms with Gasteiger partial charge in [0.2, 0.25) is 0 Å². The fourth-order valence-corrected chi connectivity index (χ4v) is 1.10. The van der Waals surface area contributed by atoms with Crippen molar-refractivity contribution in [1.82, 2.24) is 4.90 Å². The van der Waals surface area contributed by atoms with E-state index in [0.717, 1.165) is 25.5 Å². The molecule has 1 aliphatic rings. The van der Waals surface area contributed by atoms with Crippen LogP contribution in [0.3, 0.4) is 0 Å². The molecule has 0 spiro atoms. The maximum absolute atomic E-state index is 5.22. The maximum Gasteiger partial charge on any atom is 0.103 e. The summed E-state index contributed by atoms with van der Waals surface area (Å²) in [5.74, 6) is 0.903. The molecular formula is C8H15NO. The molecule has 58 valence electrons. The van der Waals surface area contributed by atoms with Crippen molar-refractivity contribution in [2.45, 2.75) is 19.9 Å². The van der Waals surface area contributed by atoms with Gasteiger partial charge in [-0.3, -0.25) is 4.90 Å². The topological polar surface area (TPSA) is 12.5 Å². The molecule has 0 atom stereocenters. The van der Waals surface area contributed by atoms with E-state index in [2.05, 4.69) is 25.3 Å². The molecule has 0 saturated carbocycles. The van der Waals surface area contributed by atoms with Crippen molar-refractivity contribution in [3.05, 3.63) is 12.3 Å². The van der Waals surface area contributed by atoms with Crippen LogP contribution in [0.2, 0.25) is 0 Å². The van der Waals surface area contributed by atoms with Gasteiger partial charge in [0, 0.05) is 12.6 Å². The van der Waals surface area contributed by atoms with Crippen LogP contribution in [-0.4, -0.2) is 30.6 Å². The second-order valence-electron chi connectivity index (χ2n) is 2.95. The summed E-state index contributed by atoms with van der Waals surface area (Å²) in [4.78, 5) is 2.35. The van der Waals surface area contributed by atoms with Crippen LogP contribution in [0.4, 0.5) is 0 Å². The van der Waals surface area contributed by atoms with Crippen molar-refractivity contribution in [1.29, 1.82) is 0 Å². The summed E-state index contributed by atoms with van der Waals surface area (Å²) in [5, 5.41) is 0. The zero-order valence-electron chi connectivity index (χ0n) is 6.76. The van der Waals surface area contributed by atoms with Crippen LogP contribution in [0.5, 0.6) is 0 Å². The van der Waals surface area contributed by atoms with Crippen molar-refractivity contribution in [3.63, 3.8) is 0 Å². The van der Waals surface area contributed by atoms with Crippen molar-refractivity contribution in [2.75, 3.05) is 19.7 Å². The fourth-order valence-electron chi connectivity index (χ4n) is 1.10. The van der Waals surface area contributed by atoms with Crippen LogP contribution < -0.4 is 0 Å². The molecule has 0 aromatic rings. The van der Waals surface area contributed by atoms with Crippen LogP contribution in [0.15, 0.2) is 12.3 Å². The van der Waals surface area contributed by atoms with Gasteiger partial charge >= 0.3 is 0 Å². The fraction of sp³-hybridized carbons (Fsp3) is 0.750. The first-order chi connectivity index (χ1) is 4.70. The largest absolute Gasteiger partial charge is 0.496 e. The molecule has 0 aromatic heterocycles. The monoisotopic (exact) mass is 141 g/mol. The van der Waals surface area contributed by atoms with Gasteiger partial charge in [-0.2, -0.15) is 0 Å². The number of nitrogens with zero attached hydrogens (tertiary/aromatic N) is 1. The molecule has 1 rings (SSSR count). The molecule has 1 heterocycles. The first-order valence-corrected chi connectivity index (χ1v) is 3.75. The molecule has 0 aliphatic carbocycles. The Bertz CT molecular complexity index is 131. The molecule has 2 heteroatoms. The van der Waals surface area contributed by atoms with Gasteiger partial charge in [0.05, 0.1) is 6.54 Å². The lowest BCUT2D eigenvalue weighted by Crippen LogP contribution is -2.39. The van der Waals surface area contributed by atoms with Crippen molar-refractivity contribution >= 4 is 0 Å². The minimum Gasteiger partial charge on any atom is -0.496 e. The molecule has 1 saturated heterocycles. The van der Waals surface area contributed by atoms with Crippen LogP contribution >= 0.6 is 0 Å². The number of hydrogen-bond donors (Lipinski definition) is 0. The molecule has 2 nitrogen and oxygen atoms in total. The quantitative estimate of drug-likeness (QED) is 0.544. The number of hydrogen-bond acceptors (Lipinski definition) is 2. The highest BCUT2D eigenvalue weighted by atomic mass is 16.5. The van der Waals surface area contributed by atoms with Gasteiger partial charge in [-0.05, 0) is 13.8 Å². The minimum absolute atomic E-state index is 0.612. The highest BCUT2D eigenvalue weighted by Crippen LogP contribution is 2.08. The average molecular weight is 141 g/mol. The number of rotatable bonds is 1. The van der Waals surface area contributed by atoms with E-state index in [1.807, 2.05) is 0 Å². The third kappa shape index (κ3) is 1.74. The first kappa shape index (κ1) is 7.61. The molecular weight excluding hydrogens is 126 g/mol. The highest BCUT2D eigenvalue weighted by molar-refractivity contribution is 4.90. The first-order valence-electron chi connectivity index (χ1n) is 3.75. The van der Waals surface area contributed by atoms with Gasteiger partial charge in [-0.1, -0.05) is 6.58 Å². The minimum atomic E-state index is 0.612. The molecule has 0 N–H and O–H groups in total. The molecule has 10 heavy (non-hydrogen) atoms. The van der Waals surface area contributed by atoms with Crippen molar-refractivity contribution < 1.29 is 4.74 Å². The zero-order chi connectivity index (χ0) is 7.56. The summed E-state index contributed by atoms with van der Waals surface area (Å²) in [5.41, 5.74) is 0. The maximum atomic E-state index is 5.22. The van der Waals surface area contributed by atoms with Gasteiger partial charge in [-0.15, -0.1) is 0 Å². The Balaban J connectivity index is 2.39. The number of ether oxygens (including phenoxy) is 1. The number of morpholine rings is 1. The standard InChI is InChI=1S/C8H15NO/c1-7(2)9-4-5-10-8(3)6-9/h7H,3-6H2,1-2H3. The molecule has 0 amide bonds. The van der Waals surface area contributed by atoms with E-state index in [0.29, 0.717) is 6.04 Å². The van der Waals surface area contributed by atoms with Crippen LogP contribution in [-0.2, 0) is 4.74 Å². The lowest BCUT2D eigenvalue weighted by Gasteiger charge is -2.31. The van der Waals surface area contributed by atoms with E-state index in [1.54, 1.807) is 0 Å². The Morgan fingerprint density at radius 2 is 2.30 bits per heavy atom. The van der Waals surface area contributed by atoms with E-state index >= 15 is 0 Å². The average Bonchev–Trinajstić information content (AvgIpc) is 1.88. The summed E-state index contributed by atoms with van der Waals surface area (Å²) in [7, 11) is 0. The Kier molecular flexibility index (Phi) is 2.33. The SMILES string of the molecule is C=C1CN(C(C)C)CCO1. The van der Waals surface area contributed by atoms with Crippen molar-refractivity contribution in [2.24, 2.45) is 0 Å². The van der Waals surface area contributed by atoms with Gasteiger partial charge < -0.3 is 4.74 Å². The van der Waals surface area contributed by atoms with Crippen LogP contribution in [0, 0.1) is 0 Å². The highest BCUT2D eigenvalue weighted by Gasteiger charge is 2.15. The third-order valence-corrected chi connectivity index (χ3v) is 1.79. The van der Waals surface area contributed by atoms with Crippen LogP contribution in [0.25, 0.3) is 0 Å². The molecule has 1 fully saturated rings. The lowest BCUT2D eigenvalue weighted by atomic mass is 10.3. The second kappa shape index (κ2) is 3.06. The smallest absolute Gasteiger partial charge is 0.103 e. The summed E-state index contributed by atoms with van der Waals surface area (Å²) in [6.45, 7) is 10.9. The van der Waals surface area contributed by atoms with Crippen LogP contribution in [0.1, 0.15) is 13.8 Å². The molecule has 0 radical (unpaired) electrons. The lowest BCUT2D eigenvalue weighted by molar-refractivity contribution is 0.0767. The van der Waals surface area contributed by atoms with E-state index in [9.17, 15) is 0 Å². The van der Waals surface area contributed by atoms with Crippen molar-refractivity contribution in [3.8, 4) is 0 Å². The molecule has 0 unspecified atom stereocenters. The van der Waals surface area contributed by atoms with Gasteiger partial charge in [0.1, 0.15) is 12.4 Å². The molecule has 0 aromatic carbocycles. The zero-order valence-corrected chi connectivity index (χ0v) is 6.76. The predicted octanol–water partition coefficient (Wildman–Crippen LogP) is 1.24. The Morgan fingerprint density at radius 1 is 1.60 bits per heavy atom. The predicted molar refractivity (Wildman–Crippen MR) is 41.8 cm³/mol. The van der Waals surface area contributed by atoms with E-state index < -0.39 is 0 Å². The third-order valence-electron chi connectivity index (χ3n) is 1.79. The van der Waals surface area contributed by atoms with E-state index in [4.69, 9.17) is 4.74 Å². The van der Waals surface area contributed by atoms with Gasteiger partial charge in [0.25, 0.3) is 0 Å². The Labute approximate surface area is 62.5 Å². The summed E-state index contributed by atoms with van der Waals surface area (Å²) in [6.07, 6.45) is 0.